The van der Waals surface area contributed by atoms with Gasteiger partial charge in [0.15, 0.2) is 0 Å². The van der Waals surface area contributed by atoms with Gasteiger partial charge in [-0.25, -0.2) is 0 Å². The van der Waals surface area contributed by atoms with Crippen molar-refractivity contribution >= 4 is 0 Å². The van der Waals surface area contributed by atoms with E-state index in [1.807, 2.05) is 0 Å². The molecule has 1 rings (SSSR count). The first-order valence-electron chi connectivity index (χ1n) is 5.20. The van der Waals surface area contributed by atoms with Crippen molar-refractivity contribution in [2.45, 2.75) is 38.3 Å². The van der Waals surface area contributed by atoms with Gasteiger partial charge >= 0.3 is 0 Å². The van der Waals surface area contributed by atoms with Crippen molar-refractivity contribution in [1.82, 2.24) is 5.32 Å². The van der Waals surface area contributed by atoms with E-state index in [9.17, 15) is 0 Å². The highest BCUT2D eigenvalue weighted by molar-refractivity contribution is 4.85. The Morgan fingerprint density at radius 1 is 1.38 bits per heavy atom. The fourth-order valence-electron chi connectivity index (χ4n) is 1.63. The molecule has 0 atom stereocenters. The van der Waals surface area contributed by atoms with Crippen LogP contribution in [0.3, 0.4) is 0 Å². The molecular weight excluding hydrogens is 166 g/mol. The lowest BCUT2D eigenvalue weighted by Gasteiger charge is -2.35. The first-order chi connectivity index (χ1) is 6.36. The third-order valence-corrected chi connectivity index (χ3v) is 2.46. The van der Waals surface area contributed by atoms with E-state index in [-0.39, 0.29) is 0 Å². The molecule has 0 bridgehead atoms. The SMILES string of the molecule is CCOC1CC(NCCCOC)C1. The molecule has 0 spiro atoms. The van der Waals surface area contributed by atoms with Gasteiger partial charge in [-0.05, 0) is 32.7 Å². The lowest BCUT2D eigenvalue weighted by molar-refractivity contribution is -0.0100. The zero-order chi connectivity index (χ0) is 9.52. The van der Waals surface area contributed by atoms with E-state index in [1.165, 1.54) is 12.8 Å². The van der Waals surface area contributed by atoms with Crippen LogP contribution in [0.5, 0.6) is 0 Å². The molecule has 1 aliphatic rings. The first kappa shape index (κ1) is 11.0. The number of ether oxygens (including phenoxy) is 2. The molecule has 0 aromatic rings. The molecule has 0 heterocycles. The van der Waals surface area contributed by atoms with Gasteiger partial charge < -0.3 is 14.8 Å². The van der Waals surface area contributed by atoms with Crippen LogP contribution in [0.2, 0.25) is 0 Å². The molecule has 0 radical (unpaired) electrons. The zero-order valence-corrected chi connectivity index (χ0v) is 8.71. The van der Waals surface area contributed by atoms with Crippen molar-refractivity contribution in [3.63, 3.8) is 0 Å². The van der Waals surface area contributed by atoms with Crippen LogP contribution in [0, 0.1) is 0 Å². The van der Waals surface area contributed by atoms with E-state index in [4.69, 9.17) is 9.47 Å². The van der Waals surface area contributed by atoms with Gasteiger partial charge in [-0.15, -0.1) is 0 Å². The molecule has 3 heteroatoms. The summed E-state index contributed by atoms with van der Waals surface area (Å²) in [6, 6.07) is 0.688. The van der Waals surface area contributed by atoms with Gasteiger partial charge in [0, 0.05) is 26.4 Å². The summed E-state index contributed by atoms with van der Waals surface area (Å²) in [4.78, 5) is 0. The van der Waals surface area contributed by atoms with Crippen molar-refractivity contribution in [3.05, 3.63) is 0 Å². The van der Waals surface area contributed by atoms with E-state index < -0.39 is 0 Å². The summed E-state index contributed by atoms with van der Waals surface area (Å²) in [6.07, 6.45) is 3.98. The van der Waals surface area contributed by atoms with Gasteiger partial charge in [-0.3, -0.25) is 0 Å². The Kier molecular flexibility index (Phi) is 5.35. The molecule has 0 saturated heterocycles. The maximum absolute atomic E-state index is 5.47. The summed E-state index contributed by atoms with van der Waals surface area (Å²) < 4.78 is 10.4. The fourth-order valence-corrected chi connectivity index (χ4v) is 1.63. The van der Waals surface area contributed by atoms with E-state index in [1.54, 1.807) is 7.11 Å². The molecule has 1 aliphatic carbocycles. The molecule has 1 saturated carbocycles. The number of rotatable bonds is 7. The summed E-state index contributed by atoms with van der Waals surface area (Å²) in [6.45, 7) is 4.83. The Labute approximate surface area is 80.8 Å². The molecule has 1 fully saturated rings. The highest BCUT2D eigenvalue weighted by atomic mass is 16.5. The van der Waals surface area contributed by atoms with Gasteiger partial charge in [0.2, 0.25) is 0 Å². The quantitative estimate of drug-likeness (QED) is 0.607. The van der Waals surface area contributed by atoms with E-state index in [0.29, 0.717) is 12.1 Å². The second kappa shape index (κ2) is 6.35. The van der Waals surface area contributed by atoms with Crippen LogP contribution in [0.15, 0.2) is 0 Å². The summed E-state index contributed by atoms with van der Waals surface area (Å²) >= 11 is 0. The molecule has 0 unspecified atom stereocenters. The monoisotopic (exact) mass is 187 g/mol. The zero-order valence-electron chi connectivity index (χ0n) is 8.71. The molecule has 0 aliphatic heterocycles. The van der Waals surface area contributed by atoms with Crippen LogP contribution < -0.4 is 5.32 Å². The smallest absolute Gasteiger partial charge is 0.0604 e. The second-order valence-electron chi connectivity index (χ2n) is 3.55. The molecule has 13 heavy (non-hydrogen) atoms. The molecule has 3 nitrogen and oxygen atoms in total. The predicted octanol–water partition coefficient (Wildman–Crippen LogP) is 1.18. The van der Waals surface area contributed by atoms with Crippen molar-refractivity contribution in [1.29, 1.82) is 0 Å². The van der Waals surface area contributed by atoms with Crippen molar-refractivity contribution in [2.75, 3.05) is 26.9 Å². The summed E-state index contributed by atoms with van der Waals surface area (Å²) in [5.74, 6) is 0. The molecule has 1 N–H and O–H groups in total. The minimum atomic E-state index is 0.518. The van der Waals surface area contributed by atoms with E-state index >= 15 is 0 Å². The third kappa shape index (κ3) is 4.07. The molecule has 78 valence electrons. The van der Waals surface area contributed by atoms with E-state index in [0.717, 1.165) is 26.2 Å². The summed E-state index contributed by atoms with van der Waals surface area (Å²) in [5, 5.41) is 3.48. The minimum Gasteiger partial charge on any atom is -0.385 e. The Balaban J connectivity index is 1.84. The lowest BCUT2D eigenvalue weighted by atomic mass is 9.89. The van der Waals surface area contributed by atoms with Crippen LogP contribution in [-0.2, 0) is 9.47 Å². The highest BCUT2D eigenvalue weighted by Gasteiger charge is 2.28. The molecule has 0 amide bonds. The van der Waals surface area contributed by atoms with Crippen molar-refractivity contribution in [3.8, 4) is 0 Å². The Morgan fingerprint density at radius 3 is 2.77 bits per heavy atom. The van der Waals surface area contributed by atoms with Crippen LogP contribution in [-0.4, -0.2) is 39.0 Å². The number of hydrogen-bond acceptors (Lipinski definition) is 3. The number of methoxy groups -OCH3 is 1. The largest absolute Gasteiger partial charge is 0.385 e. The number of nitrogens with one attached hydrogen (secondary N) is 1. The van der Waals surface area contributed by atoms with Crippen LogP contribution in [0.4, 0.5) is 0 Å². The van der Waals surface area contributed by atoms with Gasteiger partial charge in [-0.2, -0.15) is 0 Å². The van der Waals surface area contributed by atoms with Crippen molar-refractivity contribution < 1.29 is 9.47 Å². The molecular formula is C10H21NO2. The Bertz CT molecular complexity index is 124. The average Bonchev–Trinajstić information content (AvgIpc) is 2.07. The van der Waals surface area contributed by atoms with Gasteiger partial charge in [0.1, 0.15) is 0 Å². The Morgan fingerprint density at radius 2 is 2.15 bits per heavy atom. The van der Waals surface area contributed by atoms with Gasteiger partial charge in [0.05, 0.1) is 6.10 Å². The summed E-state index contributed by atoms with van der Waals surface area (Å²) in [7, 11) is 1.74. The summed E-state index contributed by atoms with van der Waals surface area (Å²) in [5.41, 5.74) is 0. The second-order valence-corrected chi connectivity index (χ2v) is 3.55. The maximum atomic E-state index is 5.47. The average molecular weight is 187 g/mol. The Hall–Kier alpha value is -0.120. The maximum Gasteiger partial charge on any atom is 0.0604 e. The first-order valence-corrected chi connectivity index (χ1v) is 5.20. The van der Waals surface area contributed by atoms with Crippen LogP contribution in [0.25, 0.3) is 0 Å². The van der Waals surface area contributed by atoms with Gasteiger partial charge in [0.25, 0.3) is 0 Å². The lowest BCUT2D eigenvalue weighted by Crippen LogP contribution is -2.45. The standard InChI is InChI=1S/C10H21NO2/c1-3-13-10-7-9(8-10)11-5-4-6-12-2/h9-11H,3-8H2,1-2H3. The van der Waals surface area contributed by atoms with Gasteiger partial charge in [-0.1, -0.05) is 0 Å². The highest BCUT2D eigenvalue weighted by Crippen LogP contribution is 2.22. The minimum absolute atomic E-state index is 0.518. The van der Waals surface area contributed by atoms with Crippen LogP contribution >= 0.6 is 0 Å². The number of hydrogen-bond donors (Lipinski definition) is 1. The topological polar surface area (TPSA) is 30.5 Å². The molecule has 0 aromatic heterocycles. The van der Waals surface area contributed by atoms with E-state index in [2.05, 4.69) is 12.2 Å². The molecule has 0 aromatic carbocycles. The normalized spacial score (nSPS) is 27.2. The van der Waals surface area contributed by atoms with Crippen molar-refractivity contribution in [2.24, 2.45) is 0 Å². The van der Waals surface area contributed by atoms with Crippen LogP contribution in [0.1, 0.15) is 26.2 Å². The predicted molar refractivity (Wildman–Crippen MR) is 52.9 cm³/mol. The fraction of sp³-hybridized carbons (Fsp3) is 1.00. The third-order valence-electron chi connectivity index (χ3n) is 2.46.